The number of piperidine rings is 1. The third-order valence-electron chi connectivity index (χ3n) is 7.33. The minimum absolute atomic E-state index is 0.552. The summed E-state index contributed by atoms with van der Waals surface area (Å²) in [6.07, 6.45) is 4.33. The minimum atomic E-state index is 0.552. The Balaban J connectivity index is 1.32. The molecule has 9 nitrogen and oxygen atoms in total. The van der Waals surface area contributed by atoms with E-state index >= 15 is 0 Å². The molecule has 0 radical (unpaired) electrons. The molecule has 3 aromatic heterocycles. The van der Waals surface area contributed by atoms with Gasteiger partial charge >= 0.3 is 0 Å². The van der Waals surface area contributed by atoms with E-state index < -0.39 is 0 Å². The maximum Gasteiger partial charge on any atom is 0.254 e. The van der Waals surface area contributed by atoms with Gasteiger partial charge in [0.05, 0.1) is 25.5 Å². The van der Waals surface area contributed by atoms with Crippen molar-refractivity contribution >= 4 is 27.5 Å². The van der Waals surface area contributed by atoms with Gasteiger partial charge in [-0.1, -0.05) is 23.8 Å². The van der Waals surface area contributed by atoms with Crippen LogP contribution < -0.4 is 4.90 Å². The highest BCUT2D eigenvalue weighted by molar-refractivity contribution is 7.19. The molecular weight excluding hydrogens is 484 g/mol. The van der Waals surface area contributed by atoms with Crippen LogP contribution in [0.25, 0.3) is 27.6 Å². The largest absolute Gasteiger partial charge is 0.378 e. The summed E-state index contributed by atoms with van der Waals surface area (Å²) in [6, 6.07) is 11.1. The second-order valence-electron chi connectivity index (χ2n) is 10.2. The number of aromatic nitrogens is 5. The van der Waals surface area contributed by atoms with Crippen molar-refractivity contribution in [3.63, 3.8) is 0 Å². The van der Waals surface area contributed by atoms with Crippen LogP contribution in [0.2, 0.25) is 0 Å². The number of rotatable bonds is 6. The van der Waals surface area contributed by atoms with E-state index in [9.17, 15) is 0 Å². The highest BCUT2D eigenvalue weighted by Crippen LogP contribution is 2.32. The van der Waals surface area contributed by atoms with E-state index in [-0.39, 0.29) is 0 Å². The van der Waals surface area contributed by atoms with Crippen LogP contribution in [0, 0.1) is 6.92 Å². The predicted molar refractivity (Wildman–Crippen MR) is 148 cm³/mol. The summed E-state index contributed by atoms with van der Waals surface area (Å²) in [5, 5.41) is 5.92. The number of anilines is 1. The summed E-state index contributed by atoms with van der Waals surface area (Å²) in [7, 11) is 4.36. The maximum atomic E-state index is 5.62. The second kappa shape index (κ2) is 10.4. The summed E-state index contributed by atoms with van der Waals surface area (Å²) in [6.45, 7) is 8.17. The average molecular weight is 519 g/mol. The summed E-state index contributed by atoms with van der Waals surface area (Å²) >= 11 is 1.73. The maximum absolute atomic E-state index is 5.62. The molecule has 5 heterocycles. The van der Waals surface area contributed by atoms with Gasteiger partial charge in [0, 0.05) is 44.0 Å². The molecule has 2 aliphatic rings. The summed E-state index contributed by atoms with van der Waals surface area (Å²) in [5.74, 6) is 1.49. The lowest BCUT2D eigenvalue weighted by atomic mass is 10.0. The highest BCUT2D eigenvalue weighted by atomic mass is 32.1. The SMILES string of the molecule is Cc1cccc(-c2ccn(-c3nc(N4CCOCC4)c4sc(CN5CCC(N(C)C)CC5)nc4n3)n2)c1. The van der Waals surface area contributed by atoms with Gasteiger partial charge in [0.1, 0.15) is 9.71 Å². The molecule has 194 valence electrons. The summed E-state index contributed by atoms with van der Waals surface area (Å²) in [4.78, 5) is 22.1. The molecule has 0 spiro atoms. The number of hydrogen-bond acceptors (Lipinski definition) is 9. The number of fused-ring (bicyclic) bond motifs is 1. The second-order valence-corrected chi connectivity index (χ2v) is 11.3. The number of likely N-dealkylation sites (tertiary alicyclic amines) is 1. The summed E-state index contributed by atoms with van der Waals surface area (Å²) < 4.78 is 8.44. The first kappa shape index (κ1) is 24.4. The Morgan fingerprint density at radius 3 is 2.59 bits per heavy atom. The smallest absolute Gasteiger partial charge is 0.254 e. The zero-order chi connectivity index (χ0) is 25.4. The molecule has 1 aromatic carbocycles. The zero-order valence-electron chi connectivity index (χ0n) is 21.8. The molecule has 10 heteroatoms. The standard InChI is InChI=1S/C27H34N8OS/c1-19-5-4-6-20(17-19)22-9-12-35(31-22)27-29-25-24(26(30-27)34-13-15-36-16-14-34)37-23(28-25)18-33-10-7-21(8-11-33)32(2)3/h4-6,9,12,17,21H,7-8,10-11,13-16,18H2,1-3H3. The average Bonchev–Trinajstić information content (AvgIpc) is 3.56. The molecule has 37 heavy (non-hydrogen) atoms. The fourth-order valence-corrected chi connectivity index (χ4v) is 6.24. The molecule has 0 saturated carbocycles. The van der Waals surface area contributed by atoms with Crippen LogP contribution in [-0.2, 0) is 11.3 Å². The Hall–Kier alpha value is -2.92. The van der Waals surface area contributed by atoms with Crippen molar-refractivity contribution in [3.8, 4) is 17.2 Å². The Kier molecular flexibility index (Phi) is 6.90. The Morgan fingerprint density at radius 2 is 1.84 bits per heavy atom. The first-order valence-electron chi connectivity index (χ1n) is 13.1. The minimum Gasteiger partial charge on any atom is -0.378 e. The van der Waals surface area contributed by atoms with Crippen molar-refractivity contribution in [2.24, 2.45) is 0 Å². The van der Waals surface area contributed by atoms with Crippen molar-refractivity contribution in [2.45, 2.75) is 32.4 Å². The van der Waals surface area contributed by atoms with Gasteiger partial charge in [-0.15, -0.1) is 11.3 Å². The lowest BCUT2D eigenvalue weighted by Crippen LogP contribution is -2.41. The topological polar surface area (TPSA) is 75.4 Å². The molecule has 2 saturated heterocycles. The zero-order valence-corrected chi connectivity index (χ0v) is 22.6. The van der Waals surface area contributed by atoms with Gasteiger partial charge in [-0.25, -0.2) is 9.67 Å². The molecule has 0 atom stereocenters. The molecule has 4 aromatic rings. The van der Waals surface area contributed by atoms with Crippen LogP contribution in [0.3, 0.4) is 0 Å². The molecule has 0 unspecified atom stereocenters. The Bertz CT molecular complexity index is 1370. The Labute approximate surface area is 221 Å². The van der Waals surface area contributed by atoms with Crippen molar-refractivity contribution in [2.75, 3.05) is 58.4 Å². The predicted octanol–water partition coefficient (Wildman–Crippen LogP) is 3.61. The van der Waals surface area contributed by atoms with Crippen molar-refractivity contribution < 1.29 is 4.74 Å². The van der Waals surface area contributed by atoms with Crippen LogP contribution in [0.4, 0.5) is 5.82 Å². The van der Waals surface area contributed by atoms with E-state index in [1.807, 2.05) is 12.3 Å². The molecule has 0 aliphatic carbocycles. The van der Waals surface area contributed by atoms with Crippen molar-refractivity contribution in [1.82, 2.24) is 34.5 Å². The van der Waals surface area contributed by atoms with E-state index in [0.29, 0.717) is 25.2 Å². The molecule has 2 fully saturated rings. The van der Waals surface area contributed by atoms with Gasteiger partial charge in [-0.3, -0.25) is 4.90 Å². The van der Waals surface area contributed by atoms with Gasteiger partial charge in [0.15, 0.2) is 11.5 Å². The first-order chi connectivity index (χ1) is 18.0. The first-order valence-corrected chi connectivity index (χ1v) is 13.9. The molecule has 2 aliphatic heterocycles. The fraction of sp³-hybridized carbons (Fsp3) is 0.481. The lowest BCUT2D eigenvalue weighted by molar-refractivity contribution is 0.122. The number of nitrogens with zero attached hydrogens (tertiary/aromatic N) is 8. The van der Waals surface area contributed by atoms with Crippen LogP contribution in [0.1, 0.15) is 23.4 Å². The van der Waals surface area contributed by atoms with E-state index in [1.165, 1.54) is 18.4 Å². The number of thiazole rings is 1. The lowest BCUT2D eigenvalue weighted by Gasteiger charge is -2.34. The third kappa shape index (κ3) is 5.24. The van der Waals surface area contributed by atoms with Crippen LogP contribution in [0.5, 0.6) is 0 Å². The van der Waals surface area contributed by atoms with E-state index in [2.05, 4.69) is 60.0 Å². The van der Waals surface area contributed by atoms with Gasteiger partial charge in [-0.2, -0.15) is 15.1 Å². The van der Waals surface area contributed by atoms with Crippen LogP contribution >= 0.6 is 11.3 Å². The fourth-order valence-electron chi connectivity index (χ4n) is 5.18. The normalized spacial score (nSPS) is 17.8. The van der Waals surface area contributed by atoms with E-state index in [4.69, 9.17) is 24.8 Å². The molecule has 6 rings (SSSR count). The highest BCUT2D eigenvalue weighted by Gasteiger charge is 2.24. The number of benzene rings is 1. The number of hydrogen-bond donors (Lipinski definition) is 0. The number of morpholine rings is 1. The van der Waals surface area contributed by atoms with Gasteiger partial charge < -0.3 is 14.5 Å². The quantitative estimate of drug-likeness (QED) is 0.383. The van der Waals surface area contributed by atoms with Crippen LogP contribution in [0.15, 0.2) is 36.5 Å². The van der Waals surface area contributed by atoms with E-state index in [1.54, 1.807) is 16.0 Å². The number of aryl methyl sites for hydroxylation is 1. The molecule has 0 N–H and O–H groups in total. The molecule has 0 amide bonds. The molecule has 0 bridgehead atoms. The summed E-state index contributed by atoms with van der Waals surface area (Å²) in [5.41, 5.74) is 3.95. The van der Waals surface area contributed by atoms with Gasteiger partial charge in [0.25, 0.3) is 5.95 Å². The van der Waals surface area contributed by atoms with Gasteiger partial charge in [0.2, 0.25) is 0 Å². The van der Waals surface area contributed by atoms with Gasteiger partial charge in [-0.05, 0) is 46.0 Å². The van der Waals surface area contributed by atoms with Crippen LogP contribution in [-0.4, -0.2) is 94.1 Å². The number of ether oxygens (including phenoxy) is 1. The molecular formula is C27H34N8OS. The monoisotopic (exact) mass is 518 g/mol. The van der Waals surface area contributed by atoms with Crippen molar-refractivity contribution in [3.05, 3.63) is 47.1 Å². The Morgan fingerprint density at radius 1 is 1.03 bits per heavy atom. The third-order valence-corrected chi connectivity index (χ3v) is 8.36. The van der Waals surface area contributed by atoms with Crippen molar-refractivity contribution in [1.29, 1.82) is 0 Å². The van der Waals surface area contributed by atoms with E-state index in [0.717, 1.165) is 65.2 Å².